The summed E-state index contributed by atoms with van der Waals surface area (Å²) in [5.41, 5.74) is 3.10. The molecule has 1 aromatic carbocycles. The zero-order valence-electron chi connectivity index (χ0n) is 15.0. The van der Waals surface area contributed by atoms with Gasteiger partial charge in [0, 0.05) is 43.3 Å². The fourth-order valence-electron chi connectivity index (χ4n) is 4.35. The summed E-state index contributed by atoms with van der Waals surface area (Å²) in [6.07, 6.45) is 4.13. The van der Waals surface area contributed by atoms with Gasteiger partial charge in [-0.15, -0.1) is 0 Å². The molecule has 0 saturated carbocycles. The molecule has 2 atom stereocenters. The number of aromatic nitrogens is 1. The van der Waals surface area contributed by atoms with Gasteiger partial charge in [0.15, 0.2) is 0 Å². The first kappa shape index (κ1) is 16.3. The van der Waals surface area contributed by atoms with Gasteiger partial charge in [0.1, 0.15) is 5.82 Å². The van der Waals surface area contributed by atoms with Gasteiger partial charge >= 0.3 is 0 Å². The van der Waals surface area contributed by atoms with E-state index in [1.165, 1.54) is 0 Å². The van der Waals surface area contributed by atoms with Crippen molar-refractivity contribution in [3.05, 3.63) is 41.9 Å². The van der Waals surface area contributed by atoms with Crippen LogP contribution in [0.25, 0.3) is 16.5 Å². The molecule has 0 spiro atoms. The Kier molecular flexibility index (Phi) is 3.91. The molecule has 1 amide bonds. The van der Waals surface area contributed by atoms with E-state index in [1.54, 1.807) is 12.1 Å². The van der Waals surface area contributed by atoms with Crippen LogP contribution in [0.2, 0.25) is 0 Å². The average Bonchev–Trinajstić information content (AvgIpc) is 3.00. The van der Waals surface area contributed by atoms with Crippen LogP contribution in [0.1, 0.15) is 19.4 Å². The minimum atomic E-state index is -0.221. The molecule has 25 heavy (non-hydrogen) atoms. The van der Waals surface area contributed by atoms with E-state index in [1.807, 2.05) is 31.0 Å². The first-order valence-electron chi connectivity index (χ1n) is 9.03. The first-order valence-corrected chi connectivity index (χ1v) is 9.03. The van der Waals surface area contributed by atoms with E-state index in [0.717, 1.165) is 41.7 Å². The highest BCUT2D eigenvalue weighted by molar-refractivity contribution is 5.96. The molecule has 5 heteroatoms. The number of nitrogens with zero attached hydrogens (tertiary/aromatic N) is 3. The Hall–Kier alpha value is -2.14. The lowest BCUT2D eigenvalue weighted by Gasteiger charge is -2.41. The highest BCUT2D eigenvalue weighted by Gasteiger charge is 2.36. The number of carbonyl (C=O) groups is 1. The second-order valence-electron chi connectivity index (χ2n) is 7.05. The van der Waals surface area contributed by atoms with Gasteiger partial charge in [-0.1, -0.05) is 6.08 Å². The fourth-order valence-corrected chi connectivity index (χ4v) is 4.35. The number of benzene rings is 1. The summed E-state index contributed by atoms with van der Waals surface area (Å²) in [4.78, 5) is 17.0. The second-order valence-corrected chi connectivity index (χ2v) is 7.05. The van der Waals surface area contributed by atoms with Crippen LogP contribution in [0.15, 0.2) is 30.5 Å². The quantitative estimate of drug-likeness (QED) is 0.859. The molecule has 2 aromatic rings. The van der Waals surface area contributed by atoms with Crippen molar-refractivity contribution in [2.45, 2.75) is 26.4 Å². The van der Waals surface area contributed by atoms with Crippen LogP contribution in [0.3, 0.4) is 0 Å². The molecule has 0 fully saturated rings. The molecule has 3 heterocycles. The molecule has 0 saturated heterocycles. The van der Waals surface area contributed by atoms with Crippen LogP contribution in [0.5, 0.6) is 0 Å². The highest BCUT2D eigenvalue weighted by atomic mass is 19.1. The van der Waals surface area contributed by atoms with Crippen LogP contribution in [0, 0.1) is 11.7 Å². The van der Waals surface area contributed by atoms with Gasteiger partial charge in [0.25, 0.3) is 0 Å². The monoisotopic (exact) mass is 341 g/mol. The average molecular weight is 341 g/mol. The summed E-state index contributed by atoms with van der Waals surface area (Å²) >= 11 is 0. The van der Waals surface area contributed by atoms with E-state index in [-0.39, 0.29) is 23.7 Å². The maximum Gasteiger partial charge on any atom is 0.230 e. The Balaban J connectivity index is 1.83. The van der Waals surface area contributed by atoms with Gasteiger partial charge in [0.2, 0.25) is 5.91 Å². The number of likely N-dealkylation sites (N-methyl/N-ethyl adjacent to an activating group) is 1. The first-order chi connectivity index (χ1) is 12.0. The number of amides is 1. The van der Waals surface area contributed by atoms with Crippen molar-refractivity contribution in [3.8, 4) is 0 Å². The third kappa shape index (κ3) is 2.49. The van der Waals surface area contributed by atoms with Gasteiger partial charge in [-0.3, -0.25) is 9.69 Å². The number of halogens is 1. The zero-order valence-corrected chi connectivity index (χ0v) is 15.0. The molecular formula is C20H24FN3O. The smallest absolute Gasteiger partial charge is 0.230 e. The van der Waals surface area contributed by atoms with Gasteiger partial charge in [0.05, 0.1) is 17.5 Å². The Bertz CT molecular complexity index is 865. The fraction of sp³-hybridized carbons (Fsp3) is 0.450. The van der Waals surface area contributed by atoms with Gasteiger partial charge in [-0.2, -0.15) is 0 Å². The summed E-state index contributed by atoms with van der Waals surface area (Å²) in [5.74, 6) is -0.228. The van der Waals surface area contributed by atoms with E-state index < -0.39 is 0 Å². The molecule has 2 aliphatic rings. The van der Waals surface area contributed by atoms with E-state index in [2.05, 4.69) is 22.6 Å². The molecule has 4 nitrogen and oxygen atoms in total. The molecule has 132 valence electrons. The normalized spacial score (nSPS) is 22.6. The lowest BCUT2D eigenvalue weighted by molar-refractivity contribution is -0.134. The predicted octanol–water partition coefficient (Wildman–Crippen LogP) is 2.98. The summed E-state index contributed by atoms with van der Waals surface area (Å²) in [7, 11) is 2.06. The predicted molar refractivity (Wildman–Crippen MR) is 97.7 cm³/mol. The van der Waals surface area contributed by atoms with Crippen LogP contribution in [0.4, 0.5) is 4.39 Å². The number of fused-ring (bicyclic) bond motifs is 2. The third-order valence-electron chi connectivity index (χ3n) is 5.65. The number of hydrogen-bond donors (Lipinski definition) is 0. The van der Waals surface area contributed by atoms with Crippen molar-refractivity contribution >= 4 is 22.4 Å². The molecular weight excluding hydrogens is 317 g/mol. The summed E-state index contributed by atoms with van der Waals surface area (Å²) in [6, 6.07) is 5.36. The molecule has 0 bridgehead atoms. The topological polar surface area (TPSA) is 28.5 Å². The number of rotatable bonds is 3. The highest BCUT2D eigenvalue weighted by Crippen LogP contribution is 2.39. The van der Waals surface area contributed by atoms with Crippen LogP contribution in [-0.4, -0.2) is 53.0 Å². The standard InChI is InChI=1S/C20H24FN3O/c1-4-23(5-2)20(25)14-9-16-17-10-15(21)8-13-6-7-24(19(13)17)12-18(16)22(3)11-14/h6-10,14,18H,4-5,11-12H2,1-3H3/t14-,18?/m1/s1. The van der Waals surface area contributed by atoms with Crippen molar-refractivity contribution in [1.82, 2.24) is 14.4 Å². The Labute approximate surface area is 147 Å². The Morgan fingerprint density at radius 2 is 2.04 bits per heavy atom. The number of carbonyl (C=O) groups excluding carboxylic acids is 1. The minimum absolute atomic E-state index is 0.163. The Morgan fingerprint density at radius 1 is 1.28 bits per heavy atom. The van der Waals surface area contributed by atoms with Gasteiger partial charge < -0.3 is 9.47 Å². The maximum absolute atomic E-state index is 14.1. The molecule has 1 aromatic heterocycles. The van der Waals surface area contributed by atoms with Crippen molar-refractivity contribution in [3.63, 3.8) is 0 Å². The maximum atomic E-state index is 14.1. The molecule has 0 radical (unpaired) electrons. The van der Waals surface area contributed by atoms with Gasteiger partial charge in [-0.25, -0.2) is 4.39 Å². The van der Waals surface area contributed by atoms with Crippen LogP contribution in [-0.2, 0) is 11.3 Å². The second kappa shape index (κ2) is 5.99. The summed E-state index contributed by atoms with van der Waals surface area (Å²) in [6.45, 7) is 7.00. The van der Waals surface area contributed by atoms with E-state index >= 15 is 0 Å². The number of hydrogen-bond acceptors (Lipinski definition) is 2. The van der Waals surface area contributed by atoms with Crippen molar-refractivity contribution in [2.75, 3.05) is 26.7 Å². The molecule has 0 N–H and O–H groups in total. The summed E-state index contributed by atoms with van der Waals surface area (Å²) < 4.78 is 16.3. The lowest BCUT2D eigenvalue weighted by atomic mass is 9.85. The lowest BCUT2D eigenvalue weighted by Crippen LogP contribution is -2.48. The van der Waals surface area contributed by atoms with Crippen molar-refractivity contribution in [1.29, 1.82) is 0 Å². The molecule has 4 rings (SSSR count). The van der Waals surface area contributed by atoms with Crippen molar-refractivity contribution < 1.29 is 9.18 Å². The largest absolute Gasteiger partial charge is 0.345 e. The van der Waals surface area contributed by atoms with E-state index in [9.17, 15) is 9.18 Å². The minimum Gasteiger partial charge on any atom is -0.345 e. The van der Waals surface area contributed by atoms with Crippen molar-refractivity contribution in [2.24, 2.45) is 5.92 Å². The molecule has 2 aliphatic heterocycles. The molecule has 0 aliphatic carbocycles. The molecule has 1 unspecified atom stereocenters. The Morgan fingerprint density at radius 3 is 2.76 bits per heavy atom. The van der Waals surface area contributed by atoms with E-state index in [4.69, 9.17) is 0 Å². The van der Waals surface area contributed by atoms with E-state index in [0.29, 0.717) is 6.54 Å². The van der Waals surface area contributed by atoms with Crippen LogP contribution >= 0.6 is 0 Å². The summed E-state index contributed by atoms with van der Waals surface area (Å²) in [5, 5.41) is 0.925. The van der Waals surface area contributed by atoms with Gasteiger partial charge in [-0.05, 0) is 44.7 Å². The third-order valence-corrected chi connectivity index (χ3v) is 5.65. The SMILES string of the molecule is CCN(CC)C(=O)[C@@H]1C=C2c3cc(F)cc4ccn(c34)CC2N(C)C1. The zero-order chi connectivity index (χ0) is 17.7. The van der Waals surface area contributed by atoms with Crippen LogP contribution < -0.4 is 0 Å².